The van der Waals surface area contributed by atoms with Gasteiger partial charge in [-0.15, -0.1) is 5.10 Å². The second-order valence-electron chi connectivity index (χ2n) is 4.92. The minimum absolute atomic E-state index is 0.239. The minimum Gasteiger partial charge on any atom is -0.339 e. The summed E-state index contributed by atoms with van der Waals surface area (Å²) in [5, 5.41) is 12.1. The van der Waals surface area contributed by atoms with Gasteiger partial charge in [0.25, 0.3) is 0 Å². The Morgan fingerprint density at radius 2 is 2.21 bits per heavy atom. The second-order valence-corrected chi connectivity index (χ2v) is 6.02. The Balaban J connectivity index is 2.00. The maximum Gasteiger partial charge on any atom is 0.226 e. The topological polar surface area (TPSA) is 69.6 Å². The smallest absolute Gasteiger partial charge is 0.226 e. The Labute approximate surface area is 120 Å². The lowest BCUT2D eigenvalue weighted by Gasteiger charge is -1.98. The Morgan fingerprint density at radius 3 is 2.89 bits per heavy atom. The number of halogens is 1. The van der Waals surface area contributed by atoms with E-state index in [2.05, 4.69) is 57.2 Å². The molecule has 0 saturated carbocycles. The van der Waals surface area contributed by atoms with Crippen molar-refractivity contribution >= 4 is 15.9 Å². The van der Waals surface area contributed by atoms with Crippen LogP contribution in [0.15, 0.2) is 10.7 Å². The SMILES string of the molecule is CCC(Br)c1cn(Cc2noc(CC(C)C)n2)nn1. The molecular formula is C12H18BrN5O. The van der Waals surface area contributed by atoms with Gasteiger partial charge in [0.05, 0.1) is 16.7 Å². The van der Waals surface area contributed by atoms with Gasteiger partial charge in [0.15, 0.2) is 5.82 Å². The first-order valence-electron chi connectivity index (χ1n) is 6.44. The highest BCUT2D eigenvalue weighted by molar-refractivity contribution is 9.09. The molecule has 0 aliphatic rings. The maximum atomic E-state index is 5.19. The summed E-state index contributed by atoms with van der Waals surface area (Å²) in [5.41, 5.74) is 0.924. The highest BCUT2D eigenvalue weighted by Gasteiger charge is 2.12. The number of hydrogen-bond donors (Lipinski definition) is 0. The van der Waals surface area contributed by atoms with Crippen molar-refractivity contribution in [3.63, 3.8) is 0 Å². The van der Waals surface area contributed by atoms with Crippen LogP contribution in [-0.4, -0.2) is 25.1 Å². The van der Waals surface area contributed by atoms with Crippen molar-refractivity contribution in [3.8, 4) is 0 Å². The fourth-order valence-electron chi connectivity index (χ4n) is 1.67. The lowest BCUT2D eigenvalue weighted by Crippen LogP contribution is -2.02. The number of alkyl halides is 1. The zero-order valence-corrected chi connectivity index (χ0v) is 13.0. The Morgan fingerprint density at radius 1 is 1.42 bits per heavy atom. The summed E-state index contributed by atoms with van der Waals surface area (Å²) in [5.74, 6) is 1.82. The van der Waals surface area contributed by atoms with Gasteiger partial charge in [-0.3, -0.25) is 0 Å². The first kappa shape index (κ1) is 14.2. The first-order valence-corrected chi connectivity index (χ1v) is 7.35. The predicted molar refractivity (Wildman–Crippen MR) is 73.9 cm³/mol. The molecule has 0 aliphatic carbocycles. The van der Waals surface area contributed by atoms with Gasteiger partial charge < -0.3 is 4.52 Å². The molecule has 0 saturated heterocycles. The van der Waals surface area contributed by atoms with E-state index in [1.807, 2.05) is 6.20 Å². The van der Waals surface area contributed by atoms with Crippen molar-refractivity contribution in [1.29, 1.82) is 0 Å². The number of nitrogens with zero attached hydrogens (tertiary/aromatic N) is 5. The van der Waals surface area contributed by atoms with Gasteiger partial charge in [0, 0.05) is 6.42 Å². The molecule has 7 heteroatoms. The van der Waals surface area contributed by atoms with Crippen molar-refractivity contribution in [2.24, 2.45) is 5.92 Å². The quantitative estimate of drug-likeness (QED) is 0.763. The molecule has 2 heterocycles. The molecule has 1 unspecified atom stereocenters. The average molecular weight is 328 g/mol. The third kappa shape index (κ3) is 3.86. The molecule has 0 amide bonds. The highest BCUT2D eigenvalue weighted by atomic mass is 79.9. The summed E-state index contributed by atoms with van der Waals surface area (Å²) >= 11 is 3.55. The molecule has 0 spiro atoms. The van der Waals surface area contributed by atoms with Gasteiger partial charge in [-0.05, 0) is 12.3 Å². The van der Waals surface area contributed by atoms with Crippen molar-refractivity contribution in [2.75, 3.05) is 0 Å². The van der Waals surface area contributed by atoms with Crippen LogP contribution in [0.2, 0.25) is 0 Å². The molecule has 0 N–H and O–H groups in total. The van der Waals surface area contributed by atoms with E-state index in [9.17, 15) is 0 Å². The standard InChI is InChI=1S/C12H18BrN5O/c1-4-9(13)10-6-18(17-15-10)7-11-14-12(19-16-11)5-8(2)3/h6,8-9H,4-5,7H2,1-3H3. The molecule has 0 aliphatic heterocycles. The van der Waals surface area contributed by atoms with Crippen LogP contribution in [0.4, 0.5) is 0 Å². The van der Waals surface area contributed by atoms with Crippen molar-refractivity contribution < 1.29 is 4.52 Å². The average Bonchev–Trinajstić information content (AvgIpc) is 2.98. The summed E-state index contributed by atoms with van der Waals surface area (Å²) in [6.45, 7) is 6.82. The normalized spacial score (nSPS) is 13.1. The van der Waals surface area contributed by atoms with E-state index in [-0.39, 0.29) is 4.83 Å². The number of hydrogen-bond acceptors (Lipinski definition) is 5. The van der Waals surface area contributed by atoms with Crippen molar-refractivity contribution in [3.05, 3.63) is 23.6 Å². The number of rotatable bonds is 6. The van der Waals surface area contributed by atoms with Gasteiger partial charge in [0.1, 0.15) is 6.54 Å². The summed E-state index contributed by atoms with van der Waals surface area (Å²) in [7, 11) is 0. The molecular weight excluding hydrogens is 310 g/mol. The molecule has 2 rings (SSSR count). The lowest BCUT2D eigenvalue weighted by atomic mass is 10.1. The summed E-state index contributed by atoms with van der Waals surface area (Å²) < 4.78 is 6.92. The molecule has 0 bridgehead atoms. The molecule has 0 radical (unpaired) electrons. The van der Waals surface area contributed by atoms with E-state index in [4.69, 9.17) is 4.52 Å². The first-order chi connectivity index (χ1) is 9.08. The second kappa shape index (κ2) is 6.27. The zero-order chi connectivity index (χ0) is 13.8. The Hall–Kier alpha value is -1.24. The van der Waals surface area contributed by atoms with Crippen LogP contribution >= 0.6 is 15.9 Å². The van der Waals surface area contributed by atoms with Crippen LogP contribution in [0.1, 0.15) is 49.4 Å². The zero-order valence-electron chi connectivity index (χ0n) is 11.4. The maximum absolute atomic E-state index is 5.19. The molecule has 2 aromatic rings. The van der Waals surface area contributed by atoms with E-state index in [0.29, 0.717) is 24.2 Å². The van der Waals surface area contributed by atoms with Gasteiger partial charge in [0.2, 0.25) is 5.89 Å². The molecule has 1 atom stereocenters. The van der Waals surface area contributed by atoms with Gasteiger partial charge >= 0.3 is 0 Å². The van der Waals surface area contributed by atoms with Crippen LogP contribution in [0, 0.1) is 5.92 Å². The van der Waals surface area contributed by atoms with Crippen LogP contribution in [-0.2, 0) is 13.0 Å². The Bertz CT molecular complexity index is 522. The molecule has 0 aromatic carbocycles. The van der Waals surface area contributed by atoms with E-state index < -0.39 is 0 Å². The van der Waals surface area contributed by atoms with Crippen LogP contribution < -0.4 is 0 Å². The molecule has 104 valence electrons. The fraction of sp³-hybridized carbons (Fsp3) is 0.667. The van der Waals surface area contributed by atoms with Gasteiger partial charge in [-0.1, -0.05) is 47.1 Å². The van der Waals surface area contributed by atoms with Gasteiger partial charge in [-0.2, -0.15) is 4.98 Å². The number of aromatic nitrogens is 5. The van der Waals surface area contributed by atoms with Crippen LogP contribution in [0.25, 0.3) is 0 Å². The lowest BCUT2D eigenvalue weighted by molar-refractivity contribution is 0.357. The fourth-order valence-corrected chi connectivity index (χ4v) is 1.88. The molecule has 6 nitrogen and oxygen atoms in total. The summed E-state index contributed by atoms with van der Waals surface area (Å²) in [6.07, 6.45) is 3.68. The van der Waals surface area contributed by atoms with E-state index in [1.165, 1.54) is 0 Å². The van der Waals surface area contributed by atoms with E-state index >= 15 is 0 Å². The van der Waals surface area contributed by atoms with Crippen LogP contribution in [0.3, 0.4) is 0 Å². The minimum atomic E-state index is 0.239. The highest BCUT2D eigenvalue weighted by Crippen LogP contribution is 2.23. The predicted octanol–water partition coefficient (Wildman–Crippen LogP) is 2.75. The Kier molecular flexibility index (Phi) is 4.68. The van der Waals surface area contributed by atoms with Crippen molar-refractivity contribution in [1.82, 2.24) is 25.1 Å². The third-order valence-electron chi connectivity index (χ3n) is 2.63. The largest absolute Gasteiger partial charge is 0.339 e. The monoisotopic (exact) mass is 327 g/mol. The summed E-state index contributed by atoms with van der Waals surface area (Å²) in [4.78, 5) is 4.58. The molecule has 2 aromatic heterocycles. The van der Waals surface area contributed by atoms with Gasteiger partial charge in [-0.25, -0.2) is 4.68 Å². The van der Waals surface area contributed by atoms with Crippen molar-refractivity contribution in [2.45, 2.75) is 45.0 Å². The summed E-state index contributed by atoms with van der Waals surface area (Å²) in [6, 6.07) is 0. The van der Waals surface area contributed by atoms with E-state index in [1.54, 1.807) is 4.68 Å². The molecule has 0 fully saturated rings. The van der Waals surface area contributed by atoms with E-state index in [0.717, 1.165) is 18.5 Å². The van der Waals surface area contributed by atoms with Crippen LogP contribution in [0.5, 0.6) is 0 Å². The third-order valence-corrected chi connectivity index (χ3v) is 3.75. The molecule has 19 heavy (non-hydrogen) atoms.